The van der Waals surface area contributed by atoms with Crippen molar-refractivity contribution in [1.82, 2.24) is 0 Å². The molecule has 2 heterocycles. The highest BCUT2D eigenvalue weighted by Gasteiger charge is 2.29. The van der Waals surface area contributed by atoms with Gasteiger partial charge in [0.25, 0.3) is 5.91 Å². The summed E-state index contributed by atoms with van der Waals surface area (Å²) in [5.41, 5.74) is 2.00. The van der Waals surface area contributed by atoms with Gasteiger partial charge >= 0.3 is 6.09 Å². The number of ether oxygens (including phenoxy) is 1. The second kappa shape index (κ2) is 7.16. The van der Waals surface area contributed by atoms with Gasteiger partial charge in [-0.15, -0.1) is 0 Å². The molecule has 0 bridgehead atoms. The number of cyclic esters (lactones) is 1. The average Bonchev–Trinajstić information content (AvgIpc) is 3.27. The molecule has 2 amide bonds. The van der Waals surface area contributed by atoms with Gasteiger partial charge in [-0.3, -0.25) is 14.0 Å². The summed E-state index contributed by atoms with van der Waals surface area (Å²) in [6.07, 6.45) is 0.151. The molecule has 2 fully saturated rings. The molecule has 28 heavy (non-hydrogen) atoms. The Morgan fingerprint density at radius 2 is 1.79 bits per heavy atom. The second-order valence-corrected chi connectivity index (χ2v) is 8.54. The number of amides is 2. The van der Waals surface area contributed by atoms with Crippen LogP contribution in [0.1, 0.15) is 16.8 Å². The van der Waals surface area contributed by atoms with Crippen LogP contribution in [0.5, 0.6) is 0 Å². The van der Waals surface area contributed by atoms with Crippen LogP contribution in [0.2, 0.25) is 0 Å². The van der Waals surface area contributed by atoms with E-state index in [2.05, 4.69) is 5.32 Å². The van der Waals surface area contributed by atoms with Crippen LogP contribution in [0.3, 0.4) is 0 Å². The number of sulfonamides is 1. The van der Waals surface area contributed by atoms with Crippen molar-refractivity contribution in [2.75, 3.05) is 40.0 Å². The molecule has 9 heteroatoms. The molecule has 0 unspecified atom stereocenters. The lowest BCUT2D eigenvalue weighted by molar-refractivity contribution is 0.102. The Bertz CT molecular complexity index is 1020. The van der Waals surface area contributed by atoms with E-state index < -0.39 is 16.1 Å². The number of rotatable bonds is 4. The molecule has 8 nitrogen and oxygen atoms in total. The van der Waals surface area contributed by atoms with Crippen LogP contribution in [-0.4, -0.2) is 45.9 Å². The standard InChI is InChI=1S/C19H19N3O5S/c23-18(14-6-8-15(9-7-14)22-10-3-13-28(22,25)26)20-16-4-1-2-5-17(16)21-11-12-27-19(21)24/h1-2,4-9H,3,10-13H2,(H,20,23). The second-order valence-electron chi connectivity index (χ2n) is 6.53. The zero-order chi connectivity index (χ0) is 19.7. The molecule has 0 atom stereocenters. The zero-order valence-corrected chi connectivity index (χ0v) is 15.8. The number of benzene rings is 2. The molecule has 0 saturated carbocycles. The molecule has 2 aliphatic heterocycles. The summed E-state index contributed by atoms with van der Waals surface area (Å²) in [6.45, 7) is 1.18. The third-order valence-corrected chi connectivity index (χ3v) is 6.59. The fourth-order valence-corrected chi connectivity index (χ4v) is 4.89. The van der Waals surface area contributed by atoms with E-state index in [0.717, 1.165) is 0 Å². The quantitative estimate of drug-likeness (QED) is 0.849. The van der Waals surface area contributed by atoms with E-state index >= 15 is 0 Å². The summed E-state index contributed by atoms with van der Waals surface area (Å²) < 4.78 is 30.4. The zero-order valence-electron chi connectivity index (χ0n) is 15.0. The summed E-state index contributed by atoms with van der Waals surface area (Å²) in [5, 5.41) is 2.81. The number of carbonyl (C=O) groups excluding carboxylic acids is 2. The van der Waals surface area contributed by atoms with Crippen LogP contribution >= 0.6 is 0 Å². The largest absolute Gasteiger partial charge is 0.447 e. The van der Waals surface area contributed by atoms with Crippen molar-refractivity contribution in [3.63, 3.8) is 0 Å². The SMILES string of the molecule is O=C(Nc1ccccc1N1CCOC1=O)c1ccc(N2CCCS2(=O)=O)cc1. The number of nitrogens with one attached hydrogen (secondary N) is 1. The van der Waals surface area contributed by atoms with E-state index in [1.807, 2.05) is 0 Å². The number of carbonyl (C=O) groups is 2. The van der Waals surface area contributed by atoms with E-state index in [1.54, 1.807) is 48.5 Å². The van der Waals surface area contributed by atoms with Crippen LogP contribution in [0.25, 0.3) is 0 Å². The monoisotopic (exact) mass is 401 g/mol. The number of nitrogens with zero attached hydrogens (tertiary/aromatic N) is 2. The molecule has 146 valence electrons. The van der Waals surface area contributed by atoms with Crippen molar-refractivity contribution in [2.45, 2.75) is 6.42 Å². The maximum Gasteiger partial charge on any atom is 0.414 e. The highest BCUT2D eigenvalue weighted by atomic mass is 32.2. The molecule has 4 rings (SSSR count). The van der Waals surface area contributed by atoms with Crippen molar-refractivity contribution in [3.8, 4) is 0 Å². The predicted octanol–water partition coefficient (Wildman–Crippen LogP) is 2.44. The van der Waals surface area contributed by atoms with Gasteiger partial charge in [-0.05, 0) is 42.8 Å². The molecule has 2 saturated heterocycles. The van der Waals surface area contributed by atoms with Gasteiger partial charge in [0.15, 0.2) is 0 Å². The Labute approximate surface area is 162 Å². The van der Waals surface area contributed by atoms with Gasteiger partial charge < -0.3 is 10.1 Å². The Balaban J connectivity index is 1.53. The van der Waals surface area contributed by atoms with Gasteiger partial charge in [0.05, 0.1) is 29.4 Å². The van der Waals surface area contributed by atoms with Crippen molar-refractivity contribution in [1.29, 1.82) is 0 Å². The molecule has 0 aromatic heterocycles. The summed E-state index contributed by atoms with van der Waals surface area (Å²) in [6, 6.07) is 13.4. The lowest BCUT2D eigenvalue weighted by atomic mass is 10.1. The summed E-state index contributed by atoms with van der Waals surface area (Å²) in [7, 11) is -3.26. The normalized spacial score (nSPS) is 18.2. The van der Waals surface area contributed by atoms with Crippen LogP contribution in [0, 0.1) is 0 Å². The van der Waals surface area contributed by atoms with E-state index in [1.165, 1.54) is 9.21 Å². The molecule has 0 spiro atoms. The average molecular weight is 401 g/mol. The molecular weight excluding hydrogens is 382 g/mol. The number of hydrogen-bond acceptors (Lipinski definition) is 5. The first-order chi connectivity index (χ1) is 13.5. The highest BCUT2D eigenvalue weighted by Crippen LogP contribution is 2.29. The van der Waals surface area contributed by atoms with E-state index in [4.69, 9.17) is 4.74 Å². The number of hydrogen-bond donors (Lipinski definition) is 1. The molecule has 0 radical (unpaired) electrons. The maximum absolute atomic E-state index is 12.6. The first-order valence-electron chi connectivity index (χ1n) is 8.91. The van der Waals surface area contributed by atoms with E-state index in [-0.39, 0.29) is 11.7 Å². The van der Waals surface area contributed by atoms with Crippen LogP contribution in [-0.2, 0) is 14.8 Å². The van der Waals surface area contributed by atoms with Gasteiger partial charge in [0.1, 0.15) is 6.61 Å². The smallest absolute Gasteiger partial charge is 0.414 e. The molecule has 1 N–H and O–H groups in total. The van der Waals surface area contributed by atoms with Gasteiger partial charge in [-0.1, -0.05) is 12.1 Å². The van der Waals surface area contributed by atoms with Gasteiger partial charge in [-0.2, -0.15) is 0 Å². The van der Waals surface area contributed by atoms with Crippen molar-refractivity contribution >= 4 is 39.1 Å². The molecular formula is C19H19N3O5S. The van der Waals surface area contributed by atoms with Crippen molar-refractivity contribution < 1.29 is 22.7 Å². The summed E-state index contributed by atoms with van der Waals surface area (Å²) in [5.74, 6) is -0.207. The van der Waals surface area contributed by atoms with Crippen LogP contribution < -0.4 is 14.5 Å². The first-order valence-corrected chi connectivity index (χ1v) is 10.5. The first kappa shape index (κ1) is 18.3. The van der Waals surface area contributed by atoms with Gasteiger partial charge in [0, 0.05) is 12.1 Å². The van der Waals surface area contributed by atoms with E-state index in [0.29, 0.717) is 48.7 Å². The number of para-hydroxylation sites is 2. The minimum absolute atomic E-state index is 0.144. The topological polar surface area (TPSA) is 96.0 Å². The highest BCUT2D eigenvalue weighted by molar-refractivity contribution is 7.93. The minimum atomic E-state index is -3.26. The molecule has 0 aliphatic carbocycles. The molecule has 2 aromatic carbocycles. The van der Waals surface area contributed by atoms with E-state index in [9.17, 15) is 18.0 Å². The maximum atomic E-state index is 12.6. The Kier molecular flexibility index (Phi) is 4.68. The summed E-state index contributed by atoms with van der Waals surface area (Å²) in [4.78, 5) is 26.0. The van der Waals surface area contributed by atoms with Crippen molar-refractivity contribution in [3.05, 3.63) is 54.1 Å². The lowest BCUT2D eigenvalue weighted by Gasteiger charge is -2.18. The molecule has 2 aliphatic rings. The third kappa shape index (κ3) is 3.40. The summed E-state index contributed by atoms with van der Waals surface area (Å²) >= 11 is 0. The van der Waals surface area contributed by atoms with Crippen LogP contribution in [0.15, 0.2) is 48.5 Å². The minimum Gasteiger partial charge on any atom is -0.447 e. The van der Waals surface area contributed by atoms with Gasteiger partial charge in [0.2, 0.25) is 10.0 Å². The Morgan fingerprint density at radius 3 is 2.43 bits per heavy atom. The fraction of sp³-hybridized carbons (Fsp3) is 0.263. The fourth-order valence-electron chi connectivity index (χ4n) is 3.33. The molecule has 2 aromatic rings. The lowest BCUT2D eigenvalue weighted by Crippen LogP contribution is -2.25. The predicted molar refractivity (Wildman–Crippen MR) is 105 cm³/mol. The Hall–Kier alpha value is -3.07. The van der Waals surface area contributed by atoms with Crippen LogP contribution in [0.4, 0.5) is 21.9 Å². The van der Waals surface area contributed by atoms with Gasteiger partial charge in [-0.25, -0.2) is 13.2 Å². The van der Waals surface area contributed by atoms with Crippen molar-refractivity contribution in [2.24, 2.45) is 0 Å². The Morgan fingerprint density at radius 1 is 1.04 bits per heavy atom. The third-order valence-electron chi connectivity index (χ3n) is 4.72. The number of anilines is 3.